The van der Waals surface area contributed by atoms with Crippen molar-refractivity contribution in [2.75, 3.05) is 26.7 Å². The number of aliphatic imine (C=N–C) groups is 1. The van der Waals surface area contributed by atoms with Crippen molar-refractivity contribution in [3.8, 4) is 0 Å². The second kappa shape index (κ2) is 12.0. The maximum absolute atomic E-state index is 12.1. The molecule has 0 saturated carbocycles. The summed E-state index contributed by atoms with van der Waals surface area (Å²) in [6.45, 7) is 5.61. The molecular formula is C19H28IN5O2S. The van der Waals surface area contributed by atoms with E-state index in [0.29, 0.717) is 18.4 Å². The Morgan fingerprint density at radius 1 is 1.18 bits per heavy atom. The summed E-state index contributed by atoms with van der Waals surface area (Å²) in [5.41, 5.74) is 2.50. The normalized spacial score (nSPS) is 12.8. The second-order valence-electron chi connectivity index (χ2n) is 6.28. The Kier molecular flexibility index (Phi) is 10.4. The van der Waals surface area contributed by atoms with Crippen LogP contribution >= 0.6 is 24.0 Å². The molecule has 1 atom stereocenters. The van der Waals surface area contributed by atoms with Crippen LogP contribution in [0.1, 0.15) is 24.0 Å². The lowest BCUT2D eigenvalue weighted by Gasteiger charge is -2.17. The fourth-order valence-electron chi connectivity index (χ4n) is 2.52. The van der Waals surface area contributed by atoms with Crippen LogP contribution in [0.2, 0.25) is 0 Å². The van der Waals surface area contributed by atoms with Crippen molar-refractivity contribution >= 4 is 40.0 Å². The van der Waals surface area contributed by atoms with Gasteiger partial charge in [-0.2, -0.15) is 0 Å². The van der Waals surface area contributed by atoms with Gasteiger partial charge in [0.1, 0.15) is 4.90 Å². The third-order valence-corrected chi connectivity index (χ3v) is 5.51. The summed E-state index contributed by atoms with van der Waals surface area (Å²) in [7, 11) is -1.86. The van der Waals surface area contributed by atoms with Gasteiger partial charge in [-0.3, -0.25) is 9.98 Å². The first-order chi connectivity index (χ1) is 12.9. The number of pyridine rings is 1. The van der Waals surface area contributed by atoms with E-state index in [2.05, 4.69) is 63.4 Å². The van der Waals surface area contributed by atoms with Crippen LogP contribution in [0, 0.1) is 6.92 Å². The average Bonchev–Trinajstić information content (AvgIpc) is 2.68. The molecule has 9 heteroatoms. The lowest BCUT2D eigenvalue weighted by molar-refractivity contribution is 0.580. The Hall–Kier alpha value is -1.72. The van der Waals surface area contributed by atoms with E-state index in [9.17, 15) is 8.42 Å². The highest BCUT2D eigenvalue weighted by atomic mass is 127. The number of benzene rings is 1. The van der Waals surface area contributed by atoms with Crippen LogP contribution in [-0.4, -0.2) is 46.0 Å². The van der Waals surface area contributed by atoms with Gasteiger partial charge in [-0.25, -0.2) is 13.1 Å². The van der Waals surface area contributed by atoms with E-state index >= 15 is 0 Å². The molecule has 154 valence electrons. The van der Waals surface area contributed by atoms with E-state index in [1.165, 1.54) is 29.6 Å². The van der Waals surface area contributed by atoms with Gasteiger partial charge < -0.3 is 10.6 Å². The zero-order valence-corrected chi connectivity index (χ0v) is 19.5. The van der Waals surface area contributed by atoms with Gasteiger partial charge in [-0.1, -0.05) is 36.8 Å². The van der Waals surface area contributed by atoms with Crippen molar-refractivity contribution in [1.29, 1.82) is 0 Å². The smallest absolute Gasteiger partial charge is 0.242 e. The Labute approximate surface area is 184 Å². The van der Waals surface area contributed by atoms with Gasteiger partial charge in [0.05, 0.1) is 0 Å². The number of aromatic nitrogens is 1. The molecule has 0 saturated heterocycles. The molecule has 7 nitrogen and oxygen atoms in total. The van der Waals surface area contributed by atoms with Crippen molar-refractivity contribution < 1.29 is 8.42 Å². The van der Waals surface area contributed by atoms with Gasteiger partial charge >= 0.3 is 0 Å². The summed E-state index contributed by atoms with van der Waals surface area (Å²) >= 11 is 0. The lowest BCUT2D eigenvalue weighted by Crippen LogP contribution is -2.42. The van der Waals surface area contributed by atoms with Gasteiger partial charge in [0.25, 0.3) is 0 Å². The first kappa shape index (κ1) is 24.3. The lowest BCUT2D eigenvalue weighted by atomic mass is 9.99. The molecule has 3 N–H and O–H groups in total. The molecule has 2 aromatic rings. The van der Waals surface area contributed by atoms with Gasteiger partial charge in [0.2, 0.25) is 10.0 Å². The highest BCUT2D eigenvalue weighted by Crippen LogP contribution is 2.15. The van der Waals surface area contributed by atoms with E-state index in [-0.39, 0.29) is 35.4 Å². The van der Waals surface area contributed by atoms with Crippen molar-refractivity contribution in [3.63, 3.8) is 0 Å². The zero-order valence-electron chi connectivity index (χ0n) is 16.3. The molecule has 1 aromatic carbocycles. The molecule has 2 rings (SSSR count). The number of aryl methyl sites for hydroxylation is 1. The SMILES string of the molecule is CN=C(NCCNS(=O)(=O)c1cccnc1)NCC(C)c1cccc(C)c1.I. The number of halogens is 1. The van der Waals surface area contributed by atoms with Crippen LogP contribution in [0.3, 0.4) is 0 Å². The van der Waals surface area contributed by atoms with Crippen molar-refractivity contribution in [2.45, 2.75) is 24.7 Å². The number of rotatable bonds is 8. The number of hydrogen-bond acceptors (Lipinski definition) is 4. The Morgan fingerprint density at radius 3 is 2.61 bits per heavy atom. The summed E-state index contributed by atoms with van der Waals surface area (Å²) in [5, 5.41) is 6.38. The fraction of sp³-hybridized carbons (Fsp3) is 0.368. The number of sulfonamides is 1. The van der Waals surface area contributed by atoms with Crippen LogP contribution in [-0.2, 0) is 10.0 Å². The number of nitrogens with one attached hydrogen (secondary N) is 3. The minimum Gasteiger partial charge on any atom is -0.356 e. The third-order valence-electron chi connectivity index (χ3n) is 4.06. The molecule has 0 spiro atoms. The van der Waals surface area contributed by atoms with Crippen LogP contribution in [0.25, 0.3) is 0 Å². The van der Waals surface area contributed by atoms with Crippen LogP contribution < -0.4 is 15.4 Å². The van der Waals surface area contributed by atoms with Crippen molar-refractivity contribution in [1.82, 2.24) is 20.3 Å². The molecule has 1 aromatic heterocycles. The summed E-state index contributed by atoms with van der Waals surface area (Å²) in [4.78, 5) is 8.15. The minimum atomic E-state index is -3.54. The summed E-state index contributed by atoms with van der Waals surface area (Å²) in [6, 6.07) is 11.5. The molecule has 1 heterocycles. The zero-order chi connectivity index (χ0) is 19.7. The predicted octanol–water partition coefficient (Wildman–Crippen LogP) is 2.26. The summed E-state index contributed by atoms with van der Waals surface area (Å²) in [5.74, 6) is 0.961. The molecule has 1 unspecified atom stereocenters. The van der Waals surface area contributed by atoms with Crippen molar-refractivity contribution in [3.05, 3.63) is 59.9 Å². The predicted molar refractivity (Wildman–Crippen MR) is 124 cm³/mol. The highest BCUT2D eigenvalue weighted by Gasteiger charge is 2.13. The molecule has 0 aliphatic heterocycles. The van der Waals surface area contributed by atoms with Crippen LogP contribution in [0.5, 0.6) is 0 Å². The first-order valence-electron chi connectivity index (χ1n) is 8.83. The molecule has 0 bridgehead atoms. The number of hydrogen-bond donors (Lipinski definition) is 3. The van der Waals surface area contributed by atoms with E-state index in [1.54, 1.807) is 13.1 Å². The summed E-state index contributed by atoms with van der Waals surface area (Å²) < 4.78 is 26.8. The van der Waals surface area contributed by atoms with Gasteiger partial charge in [-0.05, 0) is 30.5 Å². The third kappa shape index (κ3) is 7.72. The molecule has 0 amide bonds. The topological polar surface area (TPSA) is 95.5 Å². The Bertz CT molecular complexity index is 860. The molecule has 28 heavy (non-hydrogen) atoms. The van der Waals surface area contributed by atoms with Crippen LogP contribution in [0.4, 0.5) is 0 Å². The highest BCUT2D eigenvalue weighted by molar-refractivity contribution is 14.0. The average molecular weight is 517 g/mol. The summed E-state index contributed by atoms with van der Waals surface area (Å²) in [6.07, 6.45) is 2.86. The van der Waals surface area contributed by atoms with Gasteiger partial charge in [-0.15, -0.1) is 24.0 Å². The van der Waals surface area contributed by atoms with E-state index in [0.717, 1.165) is 6.54 Å². The minimum absolute atomic E-state index is 0. The van der Waals surface area contributed by atoms with E-state index < -0.39 is 10.0 Å². The largest absolute Gasteiger partial charge is 0.356 e. The second-order valence-corrected chi connectivity index (χ2v) is 8.05. The van der Waals surface area contributed by atoms with Crippen LogP contribution in [0.15, 0.2) is 58.7 Å². The molecule has 0 aliphatic carbocycles. The first-order valence-corrected chi connectivity index (χ1v) is 10.3. The molecule has 0 radical (unpaired) electrons. The monoisotopic (exact) mass is 517 g/mol. The maximum Gasteiger partial charge on any atom is 0.242 e. The van der Waals surface area contributed by atoms with Gasteiger partial charge in [0, 0.05) is 39.1 Å². The molecule has 0 fully saturated rings. The quantitative estimate of drug-likeness (QED) is 0.216. The van der Waals surface area contributed by atoms with E-state index in [1.807, 2.05) is 0 Å². The van der Waals surface area contributed by atoms with Crippen molar-refractivity contribution in [2.24, 2.45) is 4.99 Å². The molecule has 0 aliphatic rings. The standard InChI is InChI=1S/C19H27N5O2S.HI/c1-15-6-4-7-17(12-15)16(2)13-23-19(20-3)22-10-11-24-27(25,26)18-8-5-9-21-14-18;/h4-9,12,14,16,24H,10-11,13H2,1-3H3,(H2,20,22,23);1H. The Balaban J connectivity index is 0.00000392. The van der Waals surface area contributed by atoms with Gasteiger partial charge in [0.15, 0.2) is 5.96 Å². The molecular weight excluding hydrogens is 489 g/mol. The maximum atomic E-state index is 12.1. The number of guanidine groups is 1. The fourth-order valence-corrected chi connectivity index (χ4v) is 3.52. The number of nitrogens with zero attached hydrogens (tertiary/aromatic N) is 2. The Morgan fingerprint density at radius 2 is 1.96 bits per heavy atom. The van der Waals surface area contributed by atoms with E-state index in [4.69, 9.17) is 0 Å².